The molecule has 5 rings (SSSR count). The predicted octanol–water partition coefficient (Wildman–Crippen LogP) is 6.76. The van der Waals surface area contributed by atoms with Crippen LogP contribution in [0, 0.1) is 6.92 Å². The number of aryl methyl sites for hydroxylation is 1. The van der Waals surface area contributed by atoms with Crippen LogP contribution in [0.3, 0.4) is 0 Å². The first-order chi connectivity index (χ1) is 16.5. The summed E-state index contributed by atoms with van der Waals surface area (Å²) in [6.07, 6.45) is 0. The number of carbonyl (C=O) groups excluding carboxylic acids is 2. The first-order valence-electron chi connectivity index (χ1n) is 10.6. The van der Waals surface area contributed by atoms with Gasteiger partial charge in [-0.2, -0.15) is 5.10 Å². The Labute approximate surface area is 205 Å². The Hall–Kier alpha value is -3.74. The van der Waals surface area contributed by atoms with Crippen molar-refractivity contribution in [2.24, 2.45) is 0 Å². The van der Waals surface area contributed by atoms with Gasteiger partial charge in [0.15, 0.2) is 12.4 Å². The Bertz CT molecular complexity index is 1490. The van der Waals surface area contributed by atoms with E-state index in [1.165, 1.54) is 11.3 Å². The number of aromatic nitrogens is 2. The van der Waals surface area contributed by atoms with Gasteiger partial charge in [-0.3, -0.25) is 4.79 Å². The predicted molar refractivity (Wildman–Crippen MR) is 135 cm³/mol. The molecule has 0 aliphatic carbocycles. The van der Waals surface area contributed by atoms with Crippen LogP contribution in [0.15, 0.2) is 84.9 Å². The SMILES string of the molecule is Cc1nn(-c2ccc(Cl)cc2)c2sc(C(=O)OCC(=O)c3ccc(-c4ccccc4)cc3)cc12. The maximum atomic E-state index is 12.7. The number of benzene rings is 3. The topological polar surface area (TPSA) is 61.2 Å². The molecule has 0 saturated heterocycles. The molecule has 34 heavy (non-hydrogen) atoms. The number of esters is 1. The van der Waals surface area contributed by atoms with Crippen LogP contribution in [-0.2, 0) is 4.74 Å². The van der Waals surface area contributed by atoms with Crippen molar-refractivity contribution in [1.29, 1.82) is 0 Å². The van der Waals surface area contributed by atoms with Crippen molar-refractivity contribution < 1.29 is 14.3 Å². The van der Waals surface area contributed by atoms with Crippen molar-refractivity contribution >= 4 is 44.9 Å². The third-order valence-corrected chi connectivity index (χ3v) is 6.81. The third-order valence-electron chi connectivity index (χ3n) is 5.47. The lowest BCUT2D eigenvalue weighted by atomic mass is 10.0. The molecule has 0 N–H and O–H groups in total. The normalized spacial score (nSPS) is 11.0. The van der Waals surface area contributed by atoms with E-state index in [1.807, 2.05) is 61.5 Å². The number of Topliss-reactive ketones (excluding diaryl/α,β-unsaturated/α-hetero) is 1. The van der Waals surface area contributed by atoms with Crippen LogP contribution in [0.25, 0.3) is 27.0 Å². The Balaban J connectivity index is 1.29. The maximum Gasteiger partial charge on any atom is 0.348 e. The van der Waals surface area contributed by atoms with Crippen LogP contribution in [0.2, 0.25) is 5.02 Å². The molecule has 0 saturated carbocycles. The second-order valence-corrected chi connectivity index (χ2v) is 9.21. The number of halogens is 1. The molecule has 0 amide bonds. The maximum absolute atomic E-state index is 12.7. The van der Waals surface area contributed by atoms with E-state index in [1.54, 1.807) is 35.0 Å². The highest BCUT2D eigenvalue weighted by molar-refractivity contribution is 7.20. The summed E-state index contributed by atoms with van der Waals surface area (Å²) in [6.45, 7) is 1.57. The van der Waals surface area contributed by atoms with Crippen LogP contribution >= 0.6 is 22.9 Å². The summed E-state index contributed by atoms with van der Waals surface area (Å²) >= 11 is 7.27. The van der Waals surface area contributed by atoms with Crippen molar-refractivity contribution in [3.05, 3.63) is 106 Å². The zero-order valence-corrected chi connectivity index (χ0v) is 19.8. The number of ketones is 1. The van der Waals surface area contributed by atoms with Gasteiger partial charge in [0.1, 0.15) is 9.71 Å². The molecule has 0 aliphatic heterocycles. The third kappa shape index (κ3) is 4.38. The van der Waals surface area contributed by atoms with E-state index in [4.69, 9.17) is 16.3 Å². The number of hydrogen-bond acceptors (Lipinski definition) is 5. The van der Waals surface area contributed by atoms with Crippen LogP contribution in [-0.4, -0.2) is 28.1 Å². The summed E-state index contributed by atoms with van der Waals surface area (Å²) in [5.41, 5.74) is 4.24. The van der Waals surface area contributed by atoms with E-state index < -0.39 is 5.97 Å². The van der Waals surface area contributed by atoms with Gasteiger partial charge >= 0.3 is 5.97 Å². The second-order valence-electron chi connectivity index (χ2n) is 7.75. The summed E-state index contributed by atoms with van der Waals surface area (Å²) in [5.74, 6) is -0.782. The molecule has 0 unspecified atom stereocenters. The fourth-order valence-corrected chi connectivity index (χ4v) is 4.87. The zero-order chi connectivity index (χ0) is 23.7. The van der Waals surface area contributed by atoms with Crippen molar-refractivity contribution in [3.8, 4) is 16.8 Å². The number of carbonyl (C=O) groups is 2. The molecule has 0 aliphatic rings. The zero-order valence-electron chi connectivity index (χ0n) is 18.2. The number of ether oxygens (including phenoxy) is 1. The molecule has 0 radical (unpaired) electrons. The minimum Gasteiger partial charge on any atom is -0.453 e. The van der Waals surface area contributed by atoms with Gasteiger partial charge < -0.3 is 4.74 Å². The largest absolute Gasteiger partial charge is 0.453 e. The monoisotopic (exact) mass is 486 g/mol. The average molecular weight is 487 g/mol. The quantitative estimate of drug-likeness (QED) is 0.196. The molecule has 0 fully saturated rings. The molecule has 2 aromatic heterocycles. The van der Waals surface area contributed by atoms with Crippen LogP contribution < -0.4 is 0 Å². The first-order valence-corrected chi connectivity index (χ1v) is 11.8. The highest BCUT2D eigenvalue weighted by Gasteiger charge is 2.19. The molecule has 5 nitrogen and oxygen atoms in total. The Morgan fingerprint density at radius 2 is 1.62 bits per heavy atom. The smallest absolute Gasteiger partial charge is 0.348 e. The molecule has 5 aromatic rings. The Kier molecular flexibility index (Phi) is 6.01. The van der Waals surface area contributed by atoms with Crippen molar-refractivity contribution in [2.45, 2.75) is 6.92 Å². The van der Waals surface area contributed by atoms with Gasteiger partial charge in [-0.15, -0.1) is 11.3 Å². The van der Waals surface area contributed by atoms with Gasteiger partial charge in [0.2, 0.25) is 0 Å². The summed E-state index contributed by atoms with van der Waals surface area (Å²) in [6, 6.07) is 26.3. The lowest BCUT2D eigenvalue weighted by molar-refractivity contribution is 0.0479. The van der Waals surface area contributed by atoms with Crippen LogP contribution in [0.5, 0.6) is 0 Å². The number of thiophene rings is 1. The number of fused-ring (bicyclic) bond motifs is 1. The van der Waals surface area contributed by atoms with Gasteiger partial charge in [0, 0.05) is 16.0 Å². The van der Waals surface area contributed by atoms with E-state index in [0.29, 0.717) is 15.5 Å². The van der Waals surface area contributed by atoms with E-state index >= 15 is 0 Å². The van der Waals surface area contributed by atoms with Gasteiger partial charge in [0.05, 0.1) is 11.4 Å². The number of rotatable bonds is 6. The summed E-state index contributed by atoms with van der Waals surface area (Å²) < 4.78 is 7.11. The number of hydrogen-bond donors (Lipinski definition) is 0. The van der Waals surface area contributed by atoms with Crippen molar-refractivity contribution in [2.75, 3.05) is 6.61 Å². The molecule has 2 heterocycles. The lowest BCUT2D eigenvalue weighted by Crippen LogP contribution is -2.13. The average Bonchev–Trinajstić information content (AvgIpc) is 3.44. The standard InChI is InChI=1S/C27H19ClN2O3S/c1-17-23-15-25(34-26(23)30(29-17)22-13-11-21(28)12-14-22)27(32)33-16-24(31)20-9-7-19(8-10-20)18-5-3-2-4-6-18/h2-15H,16H2,1H3. The summed E-state index contributed by atoms with van der Waals surface area (Å²) in [4.78, 5) is 26.5. The fourth-order valence-electron chi connectivity index (χ4n) is 3.67. The molecule has 7 heteroatoms. The highest BCUT2D eigenvalue weighted by Crippen LogP contribution is 2.31. The van der Waals surface area contributed by atoms with Crippen molar-refractivity contribution in [1.82, 2.24) is 9.78 Å². The Morgan fingerprint density at radius 3 is 2.32 bits per heavy atom. The highest BCUT2D eigenvalue weighted by atomic mass is 35.5. The molecule has 3 aromatic carbocycles. The van der Waals surface area contributed by atoms with E-state index in [9.17, 15) is 9.59 Å². The van der Waals surface area contributed by atoms with Gasteiger partial charge in [-0.1, -0.05) is 66.2 Å². The van der Waals surface area contributed by atoms with Gasteiger partial charge in [-0.25, -0.2) is 9.48 Å². The molecular weight excluding hydrogens is 468 g/mol. The molecule has 0 atom stereocenters. The first kappa shape index (κ1) is 22.1. The van der Waals surface area contributed by atoms with Crippen molar-refractivity contribution in [3.63, 3.8) is 0 Å². The van der Waals surface area contributed by atoms with Gasteiger partial charge in [-0.05, 0) is 48.4 Å². The molecule has 0 spiro atoms. The van der Waals surface area contributed by atoms with Crippen LogP contribution in [0.1, 0.15) is 25.7 Å². The summed E-state index contributed by atoms with van der Waals surface area (Å²) in [7, 11) is 0. The van der Waals surface area contributed by atoms with E-state index in [0.717, 1.165) is 32.7 Å². The molecular formula is C27H19ClN2O3S. The molecule has 0 bridgehead atoms. The summed E-state index contributed by atoms with van der Waals surface area (Å²) in [5, 5.41) is 6.08. The van der Waals surface area contributed by atoms with Gasteiger partial charge in [0.25, 0.3) is 0 Å². The van der Waals surface area contributed by atoms with E-state index in [2.05, 4.69) is 5.10 Å². The fraction of sp³-hybridized carbons (Fsp3) is 0.0741. The minimum atomic E-state index is -0.530. The molecule has 168 valence electrons. The lowest BCUT2D eigenvalue weighted by Gasteiger charge is -2.05. The van der Waals surface area contributed by atoms with E-state index in [-0.39, 0.29) is 12.4 Å². The number of nitrogens with zero attached hydrogens (tertiary/aromatic N) is 2. The Morgan fingerprint density at radius 1 is 0.941 bits per heavy atom. The minimum absolute atomic E-state index is 0.252. The van der Waals surface area contributed by atoms with Crippen LogP contribution in [0.4, 0.5) is 0 Å². The second kappa shape index (κ2) is 9.25.